The summed E-state index contributed by atoms with van der Waals surface area (Å²) in [5.74, 6) is 0. The van der Waals surface area contributed by atoms with E-state index >= 15 is 0 Å². The predicted octanol–water partition coefficient (Wildman–Crippen LogP) is 7.38. The molecule has 2 rings (SSSR count). The Kier molecular flexibility index (Phi) is 10.3. The monoisotopic (exact) mass is 469 g/mol. The molecule has 2 aromatic carbocycles. The van der Waals surface area contributed by atoms with E-state index in [-0.39, 0.29) is 42.3 Å². The van der Waals surface area contributed by atoms with E-state index < -0.39 is 7.92 Å². The van der Waals surface area contributed by atoms with E-state index in [1.54, 1.807) is 36.4 Å². The highest BCUT2D eigenvalue weighted by molar-refractivity contribution is 7.90. The summed E-state index contributed by atoms with van der Waals surface area (Å²) in [7, 11) is -0.549. The largest absolute Gasteiger partial charge is 0.310 e. The van der Waals surface area contributed by atoms with Gasteiger partial charge >= 0.3 is 9.12 Å². The van der Waals surface area contributed by atoms with Crippen LogP contribution < -0.4 is 0 Å². The van der Waals surface area contributed by atoms with Gasteiger partial charge in [-0.15, -0.1) is 0 Å². The molecule has 0 spiro atoms. The maximum atomic E-state index is 13.0. The molecule has 1 atom stereocenters. The van der Waals surface area contributed by atoms with Crippen LogP contribution in [0.4, 0.5) is 0 Å². The van der Waals surface area contributed by atoms with E-state index in [2.05, 4.69) is 0 Å². The fourth-order valence-corrected chi connectivity index (χ4v) is 5.65. The number of hydrogen-bond donors (Lipinski definition) is 0. The molecular weight excluding hydrogens is 456 g/mol. The zero-order valence-corrected chi connectivity index (χ0v) is 18.7. The van der Waals surface area contributed by atoms with Crippen molar-refractivity contribution >= 4 is 74.5 Å². The first-order chi connectivity index (χ1) is 12.4. The Bertz CT molecular complexity index is 711. The number of halogens is 4. The van der Waals surface area contributed by atoms with Gasteiger partial charge in [-0.3, -0.25) is 9.59 Å². The summed E-state index contributed by atoms with van der Waals surface area (Å²) >= 11 is 24.5. The molecule has 0 N–H and O–H groups in total. The Morgan fingerprint density at radius 1 is 0.808 bits per heavy atom. The Labute approximate surface area is 175 Å². The van der Waals surface area contributed by atoms with Gasteiger partial charge in [0.05, 0.1) is 31.2 Å². The minimum atomic E-state index is -1.72. The van der Waals surface area contributed by atoms with Crippen LogP contribution in [-0.2, 0) is 4.57 Å². The van der Waals surface area contributed by atoms with Gasteiger partial charge in [0, 0.05) is 7.92 Å². The quantitative estimate of drug-likeness (QED) is 0.414. The molecule has 0 fully saturated rings. The van der Waals surface area contributed by atoms with Crippen LogP contribution in [0, 0.1) is 0 Å². The Morgan fingerprint density at radius 3 is 1.38 bits per heavy atom. The molecule has 3 nitrogen and oxygen atoms in total. The molecule has 138 valence electrons. The number of rotatable bonds is 6. The lowest BCUT2D eigenvalue weighted by atomic mass is 10.2. The maximum Gasteiger partial charge on any atom is 0.310 e. The number of hydrogen-bond acceptors (Lipinski definition) is 3. The second-order valence-corrected chi connectivity index (χ2v) is 8.70. The minimum absolute atomic E-state index is 0.178. The van der Waals surface area contributed by atoms with Crippen LogP contribution >= 0.6 is 63.4 Å². The first-order valence-corrected chi connectivity index (χ1v) is 10.9. The third kappa shape index (κ3) is 5.49. The summed E-state index contributed by atoms with van der Waals surface area (Å²) in [5, 5.41) is 0.923. The molecule has 9 heteroatoms. The molecule has 0 radical (unpaired) electrons. The molecule has 0 aliphatic heterocycles. The molecule has 0 saturated heterocycles. The van der Waals surface area contributed by atoms with Gasteiger partial charge in [0.25, 0.3) is 0 Å². The third-order valence-corrected chi connectivity index (χ3v) is 6.87. The number of carbonyl (C=O) groups is 2. The number of carbonyl (C=O) groups excluding carboxylic acids is 2. The van der Waals surface area contributed by atoms with Crippen molar-refractivity contribution in [3.63, 3.8) is 0 Å². The molecule has 0 aromatic heterocycles. The minimum Gasteiger partial charge on any atom is -0.288 e. The zero-order valence-electron chi connectivity index (χ0n) is 13.6. The lowest BCUT2D eigenvalue weighted by Gasteiger charge is -2.17. The molecule has 0 bridgehead atoms. The van der Waals surface area contributed by atoms with Crippen molar-refractivity contribution < 1.29 is 14.2 Å². The van der Waals surface area contributed by atoms with E-state index in [0.29, 0.717) is 12.6 Å². The molecule has 0 aliphatic carbocycles. The summed E-state index contributed by atoms with van der Waals surface area (Å²) in [6.45, 7) is 1.90. The highest BCUT2D eigenvalue weighted by Crippen LogP contribution is 2.48. The molecule has 0 amide bonds. The molecule has 2 aromatic rings. The summed E-state index contributed by atoms with van der Waals surface area (Å²) < 4.78 is 8.17. The highest BCUT2D eigenvalue weighted by Gasteiger charge is 2.32. The fourth-order valence-electron chi connectivity index (χ4n) is 2.19. The van der Waals surface area contributed by atoms with Crippen molar-refractivity contribution in [1.82, 2.24) is 0 Å². The van der Waals surface area contributed by atoms with Crippen molar-refractivity contribution in [3.05, 3.63) is 67.6 Å². The molecular formula is C17H15Cl4O3P2+. The molecule has 26 heavy (non-hydrogen) atoms. The van der Waals surface area contributed by atoms with E-state index in [0.717, 1.165) is 0 Å². The van der Waals surface area contributed by atoms with Gasteiger partial charge in [0.1, 0.15) is 0 Å². The SMILES string of the molecule is CCCP(C(=O)c1c(Cl)cccc1Cl)C(=O)c1c(Cl)cccc1Cl.O=[PH2+]. The summed E-state index contributed by atoms with van der Waals surface area (Å²) in [6, 6.07) is 9.60. The Morgan fingerprint density at radius 2 is 1.12 bits per heavy atom. The zero-order chi connectivity index (χ0) is 19.9. The van der Waals surface area contributed by atoms with Crippen molar-refractivity contribution in [2.75, 3.05) is 6.16 Å². The van der Waals surface area contributed by atoms with Crippen LogP contribution in [0.3, 0.4) is 0 Å². The fraction of sp³-hybridized carbons (Fsp3) is 0.176. The van der Waals surface area contributed by atoms with Crippen molar-refractivity contribution in [3.8, 4) is 0 Å². The molecule has 0 aliphatic rings. The van der Waals surface area contributed by atoms with Crippen LogP contribution in [0.15, 0.2) is 36.4 Å². The third-order valence-electron chi connectivity index (χ3n) is 3.29. The standard InChI is InChI=1S/C17H13Cl4O2P.H2OP/c1-2-9-24(16(22)14-10(18)5-3-6-11(14)19)17(23)15-12(20)7-4-8-13(15)21;1-2/h3-8H,2,9H2,1H3;2H2/q;+1. The molecule has 1 unspecified atom stereocenters. The van der Waals surface area contributed by atoms with Gasteiger partial charge in [-0.1, -0.05) is 76.4 Å². The second-order valence-electron chi connectivity index (χ2n) is 4.96. The van der Waals surface area contributed by atoms with Crippen LogP contribution in [0.25, 0.3) is 0 Å². The highest BCUT2D eigenvalue weighted by atomic mass is 35.5. The van der Waals surface area contributed by atoms with Crippen LogP contribution in [0.2, 0.25) is 20.1 Å². The van der Waals surface area contributed by atoms with E-state index in [9.17, 15) is 9.59 Å². The van der Waals surface area contributed by atoms with Crippen molar-refractivity contribution in [2.24, 2.45) is 0 Å². The van der Waals surface area contributed by atoms with E-state index in [4.69, 9.17) is 51.0 Å². The second kappa shape index (κ2) is 11.3. The van der Waals surface area contributed by atoms with Crippen LogP contribution in [0.5, 0.6) is 0 Å². The van der Waals surface area contributed by atoms with E-state index in [1.165, 1.54) is 9.12 Å². The summed E-state index contributed by atoms with van der Waals surface area (Å²) in [5.41, 5.74) is -0.360. The number of benzene rings is 2. The molecule has 0 heterocycles. The first kappa shape index (κ1) is 23.5. The summed E-state index contributed by atoms with van der Waals surface area (Å²) in [4.78, 5) is 25.9. The van der Waals surface area contributed by atoms with Gasteiger partial charge in [-0.25, -0.2) is 0 Å². The molecule has 0 saturated carbocycles. The lowest BCUT2D eigenvalue weighted by molar-refractivity contribution is 0.105. The normalized spacial score (nSPS) is 10.2. The Balaban J connectivity index is 0.00000163. The van der Waals surface area contributed by atoms with Crippen molar-refractivity contribution in [1.29, 1.82) is 0 Å². The first-order valence-electron chi connectivity index (χ1n) is 7.36. The summed E-state index contributed by atoms with van der Waals surface area (Å²) in [6.07, 6.45) is 1.07. The van der Waals surface area contributed by atoms with Gasteiger partial charge in [0.2, 0.25) is 0 Å². The topological polar surface area (TPSA) is 51.2 Å². The average molecular weight is 471 g/mol. The van der Waals surface area contributed by atoms with Gasteiger partial charge in [-0.2, -0.15) is 0 Å². The predicted molar refractivity (Wildman–Crippen MR) is 114 cm³/mol. The average Bonchev–Trinajstić information content (AvgIpc) is 2.60. The Hall–Kier alpha value is -0.530. The van der Waals surface area contributed by atoms with Crippen molar-refractivity contribution in [2.45, 2.75) is 13.3 Å². The van der Waals surface area contributed by atoms with Gasteiger partial charge in [-0.05, 0) is 30.4 Å². The van der Waals surface area contributed by atoms with Gasteiger partial charge in [0.15, 0.2) is 11.0 Å². The van der Waals surface area contributed by atoms with Gasteiger partial charge < -0.3 is 0 Å². The van der Waals surface area contributed by atoms with Crippen LogP contribution in [-0.4, -0.2) is 17.2 Å². The van der Waals surface area contributed by atoms with E-state index in [1.807, 2.05) is 6.92 Å². The maximum absolute atomic E-state index is 13.0. The smallest absolute Gasteiger partial charge is 0.288 e. The lowest BCUT2D eigenvalue weighted by Crippen LogP contribution is -2.11. The van der Waals surface area contributed by atoms with Crippen LogP contribution in [0.1, 0.15) is 34.1 Å².